The highest BCUT2D eigenvalue weighted by molar-refractivity contribution is 7.18. The second-order valence-electron chi connectivity index (χ2n) is 7.25. The lowest BCUT2D eigenvalue weighted by atomic mass is 10.1. The van der Waals surface area contributed by atoms with Crippen LogP contribution in [0.1, 0.15) is 12.8 Å². The number of thiophene rings is 1. The van der Waals surface area contributed by atoms with Crippen LogP contribution in [0, 0.1) is 0 Å². The molecule has 0 amide bonds. The Morgan fingerprint density at radius 2 is 1.70 bits per heavy atom. The number of para-hydroxylation sites is 1. The van der Waals surface area contributed by atoms with E-state index in [0.29, 0.717) is 0 Å². The van der Waals surface area contributed by atoms with Gasteiger partial charge in [0.2, 0.25) is 0 Å². The van der Waals surface area contributed by atoms with Crippen molar-refractivity contribution in [1.82, 2.24) is 14.8 Å². The highest BCUT2D eigenvalue weighted by Gasteiger charge is 2.15. The second-order valence-corrected chi connectivity index (χ2v) is 8.16. The summed E-state index contributed by atoms with van der Waals surface area (Å²) >= 11 is 1.77. The van der Waals surface area contributed by atoms with E-state index in [-0.39, 0.29) is 0 Å². The SMILES string of the molecule is NCCCN1CCN(CCCNc2nc3ccccc3c3ccsc23)CC1. The van der Waals surface area contributed by atoms with Gasteiger partial charge in [-0.3, -0.25) is 0 Å². The number of pyridine rings is 1. The Morgan fingerprint density at radius 3 is 2.48 bits per heavy atom. The lowest BCUT2D eigenvalue weighted by Gasteiger charge is -2.34. The van der Waals surface area contributed by atoms with Gasteiger partial charge < -0.3 is 20.9 Å². The van der Waals surface area contributed by atoms with E-state index >= 15 is 0 Å². The van der Waals surface area contributed by atoms with Gasteiger partial charge in [0.1, 0.15) is 5.82 Å². The third-order valence-electron chi connectivity index (χ3n) is 5.39. The van der Waals surface area contributed by atoms with Gasteiger partial charge in [-0.15, -0.1) is 11.3 Å². The molecule has 2 aromatic heterocycles. The largest absolute Gasteiger partial charge is 0.369 e. The molecular formula is C21H29N5S. The van der Waals surface area contributed by atoms with Gasteiger partial charge in [-0.25, -0.2) is 4.98 Å². The van der Waals surface area contributed by atoms with Crippen molar-refractivity contribution < 1.29 is 0 Å². The molecule has 0 spiro atoms. The molecule has 0 unspecified atom stereocenters. The van der Waals surface area contributed by atoms with E-state index in [1.165, 1.54) is 41.7 Å². The zero-order valence-corrected chi connectivity index (χ0v) is 16.7. The molecule has 6 heteroatoms. The molecule has 0 saturated carbocycles. The van der Waals surface area contributed by atoms with Crippen molar-refractivity contribution in [2.24, 2.45) is 5.73 Å². The van der Waals surface area contributed by atoms with E-state index in [0.717, 1.165) is 50.4 Å². The number of anilines is 1. The summed E-state index contributed by atoms with van der Waals surface area (Å²) in [6.07, 6.45) is 2.25. The minimum atomic E-state index is 0.798. The van der Waals surface area contributed by atoms with Gasteiger partial charge in [0.15, 0.2) is 0 Å². The predicted molar refractivity (Wildman–Crippen MR) is 117 cm³/mol. The minimum absolute atomic E-state index is 0.798. The Balaban J connectivity index is 1.29. The molecule has 3 N–H and O–H groups in total. The first-order chi connectivity index (χ1) is 13.3. The third-order valence-corrected chi connectivity index (χ3v) is 6.31. The lowest BCUT2D eigenvalue weighted by molar-refractivity contribution is 0.132. The molecule has 27 heavy (non-hydrogen) atoms. The molecule has 3 heterocycles. The number of hydrogen-bond donors (Lipinski definition) is 2. The van der Waals surface area contributed by atoms with Crippen LogP contribution in [-0.2, 0) is 0 Å². The van der Waals surface area contributed by atoms with Gasteiger partial charge in [-0.1, -0.05) is 18.2 Å². The van der Waals surface area contributed by atoms with Crippen LogP contribution in [0.25, 0.3) is 21.0 Å². The van der Waals surface area contributed by atoms with Crippen molar-refractivity contribution in [2.45, 2.75) is 12.8 Å². The zero-order chi connectivity index (χ0) is 18.5. The Bertz CT molecular complexity index is 869. The molecule has 4 rings (SSSR count). The van der Waals surface area contributed by atoms with Gasteiger partial charge in [0.05, 0.1) is 10.2 Å². The summed E-state index contributed by atoms with van der Waals surface area (Å²) in [6.45, 7) is 8.76. The molecule has 1 fully saturated rings. The number of fused-ring (bicyclic) bond motifs is 3. The molecule has 5 nitrogen and oxygen atoms in total. The van der Waals surface area contributed by atoms with Gasteiger partial charge >= 0.3 is 0 Å². The number of rotatable bonds is 8. The second kappa shape index (κ2) is 8.97. The van der Waals surface area contributed by atoms with Crippen molar-refractivity contribution in [1.29, 1.82) is 0 Å². The van der Waals surface area contributed by atoms with Crippen LogP contribution in [0.4, 0.5) is 5.82 Å². The van der Waals surface area contributed by atoms with Crippen molar-refractivity contribution in [3.63, 3.8) is 0 Å². The van der Waals surface area contributed by atoms with Crippen LogP contribution in [0.2, 0.25) is 0 Å². The molecule has 1 aliphatic rings. The van der Waals surface area contributed by atoms with Gasteiger partial charge in [-0.05, 0) is 50.0 Å². The van der Waals surface area contributed by atoms with Crippen LogP contribution in [0.5, 0.6) is 0 Å². The Labute approximate surface area is 165 Å². The Morgan fingerprint density at radius 1 is 0.963 bits per heavy atom. The molecule has 1 saturated heterocycles. The number of aromatic nitrogens is 1. The first kappa shape index (κ1) is 18.6. The van der Waals surface area contributed by atoms with Crippen LogP contribution in [0.3, 0.4) is 0 Å². The first-order valence-corrected chi connectivity index (χ1v) is 10.9. The van der Waals surface area contributed by atoms with Gasteiger partial charge in [0, 0.05) is 43.5 Å². The monoisotopic (exact) mass is 383 g/mol. The lowest BCUT2D eigenvalue weighted by Crippen LogP contribution is -2.47. The quantitative estimate of drug-likeness (QED) is 0.585. The van der Waals surface area contributed by atoms with Crippen LogP contribution in [-0.4, -0.2) is 67.1 Å². The van der Waals surface area contributed by atoms with Crippen LogP contribution in [0.15, 0.2) is 35.7 Å². The highest BCUT2D eigenvalue weighted by Crippen LogP contribution is 2.33. The summed E-state index contributed by atoms with van der Waals surface area (Å²) in [6, 6.07) is 10.6. The van der Waals surface area contributed by atoms with Gasteiger partial charge in [-0.2, -0.15) is 0 Å². The minimum Gasteiger partial charge on any atom is -0.369 e. The summed E-state index contributed by atoms with van der Waals surface area (Å²) in [5.41, 5.74) is 6.68. The average molecular weight is 384 g/mol. The molecule has 144 valence electrons. The molecule has 0 bridgehead atoms. The molecule has 0 atom stereocenters. The molecule has 0 radical (unpaired) electrons. The Kier molecular flexibility index (Phi) is 6.19. The molecule has 3 aromatic rings. The molecule has 1 aliphatic heterocycles. The van der Waals surface area contributed by atoms with Crippen LogP contribution < -0.4 is 11.1 Å². The zero-order valence-electron chi connectivity index (χ0n) is 15.9. The fourth-order valence-electron chi connectivity index (χ4n) is 3.86. The van der Waals surface area contributed by atoms with Gasteiger partial charge in [0.25, 0.3) is 0 Å². The number of nitrogens with one attached hydrogen (secondary N) is 1. The summed E-state index contributed by atoms with van der Waals surface area (Å²) in [5.74, 6) is 1.03. The number of nitrogens with two attached hydrogens (primary N) is 1. The maximum absolute atomic E-state index is 5.61. The topological polar surface area (TPSA) is 57.4 Å². The predicted octanol–water partition coefficient (Wildman–Crippen LogP) is 3.22. The Hall–Kier alpha value is -1.73. The molecular weight excluding hydrogens is 354 g/mol. The van der Waals surface area contributed by atoms with Crippen LogP contribution >= 0.6 is 11.3 Å². The highest BCUT2D eigenvalue weighted by atomic mass is 32.1. The maximum Gasteiger partial charge on any atom is 0.144 e. The number of piperazine rings is 1. The summed E-state index contributed by atoms with van der Waals surface area (Å²) in [5, 5.41) is 8.30. The van der Waals surface area contributed by atoms with E-state index < -0.39 is 0 Å². The molecule has 0 aliphatic carbocycles. The average Bonchev–Trinajstić information content (AvgIpc) is 3.21. The van der Waals surface area contributed by atoms with E-state index in [2.05, 4.69) is 50.8 Å². The van der Waals surface area contributed by atoms with Crippen molar-refractivity contribution in [3.05, 3.63) is 35.7 Å². The van der Waals surface area contributed by atoms with Crippen molar-refractivity contribution in [2.75, 3.05) is 57.7 Å². The van der Waals surface area contributed by atoms with Crippen molar-refractivity contribution in [3.8, 4) is 0 Å². The summed E-state index contributed by atoms with van der Waals surface area (Å²) in [7, 11) is 0. The molecule has 1 aromatic carbocycles. The van der Waals surface area contributed by atoms with E-state index in [9.17, 15) is 0 Å². The summed E-state index contributed by atoms with van der Waals surface area (Å²) < 4.78 is 1.27. The van der Waals surface area contributed by atoms with E-state index in [4.69, 9.17) is 10.7 Å². The van der Waals surface area contributed by atoms with E-state index in [1.807, 2.05) is 0 Å². The third kappa shape index (κ3) is 4.41. The maximum atomic E-state index is 5.61. The fourth-order valence-corrected chi connectivity index (χ4v) is 4.73. The summed E-state index contributed by atoms with van der Waals surface area (Å²) in [4.78, 5) is 9.98. The van der Waals surface area contributed by atoms with E-state index in [1.54, 1.807) is 11.3 Å². The first-order valence-electron chi connectivity index (χ1n) is 10.00. The standard InChI is InChI=1S/C21H29N5S/c22-8-3-10-25-12-14-26(15-13-25)11-4-9-23-21-20-18(7-16-27-20)17-5-1-2-6-19(17)24-21/h1-2,5-7,16H,3-4,8-15,22H2,(H,23,24). The smallest absolute Gasteiger partial charge is 0.144 e. The number of nitrogens with zero attached hydrogens (tertiary/aromatic N) is 3. The normalized spacial score (nSPS) is 16.3. The van der Waals surface area contributed by atoms with Crippen molar-refractivity contribution >= 4 is 38.1 Å². The number of hydrogen-bond acceptors (Lipinski definition) is 6. The number of benzene rings is 1. The fraction of sp³-hybridized carbons (Fsp3) is 0.476.